The molecule has 5 nitrogen and oxygen atoms in total. The Morgan fingerprint density at radius 3 is 2.94 bits per heavy atom. The predicted octanol–water partition coefficient (Wildman–Crippen LogP) is 2.68. The fourth-order valence-electron chi connectivity index (χ4n) is 1.42. The zero-order chi connectivity index (χ0) is 12.5. The van der Waals surface area contributed by atoms with Crippen LogP contribution in [0.2, 0.25) is 0 Å². The quantitative estimate of drug-likeness (QED) is 0.823. The second kappa shape index (κ2) is 4.08. The van der Waals surface area contributed by atoms with E-state index in [-0.39, 0.29) is 0 Å². The predicted molar refractivity (Wildman–Crippen MR) is 65.0 cm³/mol. The third kappa shape index (κ3) is 2.96. The first kappa shape index (κ1) is 11.4. The number of anilines is 1. The number of hydrogen-bond acceptors (Lipinski definition) is 3. The average Bonchev–Trinajstić information content (AvgIpc) is 2.61. The smallest absolute Gasteiger partial charge is 0.412 e. The second-order valence-electron chi connectivity index (χ2n) is 4.77. The van der Waals surface area contributed by atoms with Crippen LogP contribution in [0.4, 0.5) is 10.5 Å². The molecule has 0 spiro atoms. The highest BCUT2D eigenvalue weighted by Crippen LogP contribution is 2.14. The standard InChI is InChI=1S/C12H15N3O2/c1-12(2,3)17-11(16)14-9-4-5-15-8-13-7-10(15)6-9/h4-8H,1-3H3,(H,14,16). The van der Waals surface area contributed by atoms with Crippen LogP contribution in [-0.2, 0) is 4.74 Å². The van der Waals surface area contributed by atoms with Crippen LogP contribution in [0.3, 0.4) is 0 Å². The molecule has 0 atom stereocenters. The first-order valence-corrected chi connectivity index (χ1v) is 5.36. The van der Waals surface area contributed by atoms with E-state index in [4.69, 9.17) is 4.74 Å². The summed E-state index contributed by atoms with van der Waals surface area (Å²) < 4.78 is 7.02. The minimum absolute atomic E-state index is 0.457. The molecule has 0 aliphatic rings. The summed E-state index contributed by atoms with van der Waals surface area (Å²) in [4.78, 5) is 15.5. The van der Waals surface area contributed by atoms with Crippen LogP contribution < -0.4 is 5.32 Å². The molecule has 1 N–H and O–H groups in total. The van der Waals surface area contributed by atoms with Gasteiger partial charge in [-0.25, -0.2) is 9.78 Å². The van der Waals surface area contributed by atoms with Gasteiger partial charge in [0.25, 0.3) is 0 Å². The Morgan fingerprint density at radius 1 is 1.47 bits per heavy atom. The number of carbonyl (C=O) groups excluding carboxylic acids is 1. The molecule has 0 fully saturated rings. The van der Waals surface area contributed by atoms with Crippen LogP contribution in [0.1, 0.15) is 20.8 Å². The first-order valence-electron chi connectivity index (χ1n) is 5.36. The van der Waals surface area contributed by atoms with Crippen molar-refractivity contribution in [3.05, 3.63) is 30.9 Å². The van der Waals surface area contributed by atoms with Gasteiger partial charge in [0.2, 0.25) is 0 Å². The molecule has 17 heavy (non-hydrogen) atoms. The van der Waals surface area contributed by atoms with Crippen molar-refractivity contribution in [3.8, 4) is 0 Å². The molecule has 2 rings (SSSR count). The summed E-state index contributed by atoms with van der Waals surface area (Å²) in [7, 11) is 0. The molecular weight excluding hydrogens is 218 g/mol. The lowest BCUT2D eigenvalue weighted by molar-refractivity contribution is 0.0636. The van der Waals surface area contributed by atoms with E-state index in [9.17, 15) is 4.79 Å². The Bertz CT molecular complexity index is 540. The monoisotopic (exact) mass is 233 g/mol. The van der Waals surface area contributed by atoms with Gasteiger partial charge in [-0.05, 0) is 32.9 Å². The summed E-state index contributed by atoms with van der Waals surface area (Å²) in [5, 5.41) is 2.68. The van der Waals surface area contributed by atoms with Crippen LogP contribution >= 0.6 is 0 Å². The minimum Gasteiger partial charge on any atom is -0.444 e. The van der Waals surface area contributed by atoms with Gasteiger partial charge in [0, 0.05) is 11.9 Å². The van der Waals surface area contributed by atoms with Crippen LogP contribution in [0, 0.1) is 0 Å². The number of aromatic nitrogens is 2. The number of amides is 1. The number of carbonyl (C=O) groups is 1. The lowest BCUT2D eigenvalue weighted by Crippen LogP contribution is -2.27. The summed E-state index contributed by atoms with van der Waals surface area (Å²) in [6, 6.07) is 3.62. The van der Waals surface area contributed by atoms with Crippen molar-refractivity contribution in [2.45, 2.75) is 26.4 Å². The van der Waals surface area contributed by atoms with Gasteiger partial charge in [0.15, 0.2) is 0 Å². The van der Waals surface area contributed by atoms with E-state index >= 15 is 0 Å². The molecule has 2 aromatic heterocycles. The van der Waals surface area contributed by atoms with Gasteiger partial charge in [-0.2, -0.15) is 0 Å². The van der Waals surface area contributed by atoms with Crippen LogP contribution in [0.15, 0.2) is 30.9 Å². The normalized spacial score (nSPS) is 11.5. The zero-order valence-electron chi connectivity index (χ0n) is 10.1. The SMILES string of the molecule is CC(C)(C)OC(=O)Nc1ccn2cncc2c1. The maximum Gasteiger partial charge on any atom is 0.412 e. The summed E-state index contributed by atoms with van der Waals surface area (Å²) in [6.07, 6.45) is 4.79. The molecule has 0 bridgehead atoms. The molecule has 0 aromatic carbocycles. The number of nitrogens with one attached hydrogen (secondary N) is 1. The average molecular weight is 233 g/mol. The second-order valence-corrected chi connectivity index (χ2v) is 4.77. The van der Waals surface area contributed by atoms with Crippen molar-refractivity contribution in [3.63, 3.8) is 0 Å². The van der Waals surface area contributed by atoms with E-state index in [0.717, 1.165) is 5.52 Å². The molecule has 0 aliphatic heterocycles. The van der Waals surface area contributed by atoms with E-state index in [0.29, 0.717) is 5.69 Å². The number of fused-ring (bicyclic) bond motifs is 1. The molecule has 5 heteroatoms. The van der Waals surface area contributed by atoms with Crippen molar-refractivity contribution >= 4 is 17.3 Å². The largest absolute Gasteiger partial charge is 0.444 e. The maximum atomic E-state index is 11.5. The third-order valence-corrected chi connectivity index (χ3v) is 2.06. The highest BCUT2D eigenvalue weighted by atomic mass is 16.6. The molecular formula is C12H15N3O2. The summed E-state index contributed by atoms with van der Waals surface area (Å²) >= 11 is 0. The van der Waals surface area contributed by atoms with E-state index in [1.807, 2.05) is 37.4 Å². The minimum atomic E-state index is -0.495. The van der Waals surface area contributed by atoms with Gasteiger partial charge in [0.05, 0.1) is 18.0 Å². The first-order chi connectivity index (χ1) is 7.94. The van der Waals surface area contributed by atoms with Gasteiger partial charge in [-0.15, -0.1) is 0 Å². The summed E-state index contributed by atoms with van der Waals surface area (Å²) in [6.45, 7) is 5.48. The van der Waals surface area contributed by atoms with Crippen molar-refractivity contribution in [2.24, 2.45) is 0 Å². The Balaban J connectivity index is 2.10. The van der Waals surface area contributed by atoms with E-state index < -0.39 is 11.7 Å². The van der Waals surface area contributed by atoms with Crippen molar-refractivity contribution in [1.29, 1.82) is 0 Å². The van der Waals surface area contributed by atoms with Crippen molar-refractivity contribution in [1.82, 2.24) is 9.38 Å². The highest BCUT2D eigenvalue weighted by Gasteiger charge is 2.16. The number of nitrogens with zero attached hydrogens (tertiary/aromatic N) is 2. The van der Waals surface area contributed by atoms with Gasteiger partial charge in [-0.1, -0.05) is 0 Å². The number of hydrogen-bond donors (Lipinski definition) is 1. The highest BCUT2D eigenvalue weighted by molar-refractivity contribution is 5.85. The lowest BCUT2D eigenvalue weighted by atomic mass is 10.2. The Morgan fingerprint density at radius 2 is 2.24 bits per heavy atom. The van der Waals surface area contributed by atoms with Crippen LogP contribution in [0.25, 0.3) is 5.52 Å². The van der Waals surface area contributed by atoms with E-state index in [1.54, 1.807) is 18.6 Å². The molecule has 2 aromatic rings. The number of pyridine rings is 1. The zero-order valence-corrected chi connectivity index (χ0v) is 10.1. The van der Waals surface area contributed by atoms with Crippen molar-refractivity contribution < 1.29 is 9.53 Å². The van der Waals surface area contributed by atoms with E-state index in [1.165, 1.54) is 0 Å². The fourth-order valence-corrected chi connectivity index (χ4v) is 1.42. The fraction of sp³-hybridized carbons (Fsp3) is 0.333. The number of rotatable bonds is 1. The number of ether oxygens (including phenoxy) is 1. The molecule has 0 radical (unpaired) electrons. The Hall–Kier alpha value is -2.04. The van der Waals surface area contributed by atoms with Gasteiger partial charge < -0.3 is 9.14 Å². The Labute approximate surface area is 99.4 Å². The number of imidazole rings is 1. The molecule has 0 saturated heterocycles. The molecule has 0 unspecified atom stereocenters. The van der Waals surface area contributed by atoms with Gasteiger partial charge >= 0.3 is 6.09 Å². The third-order valence-electron chi connectivity index (χ3n) is 2.06. The van der Waals surface area contributed by atoms with Crippen molar-refractivity contribution in [2.75, 3.05) is 5.32 Å². The molecule has 0 aliphatic carbocycles. The van der Waals surface area contributed by atoms with Gasteiger partial charge in [-0.3, -0.25) is 5.32 Å². The van der Waals surface area contributed by atoms with E-state index in [2.05, 4.69) is 10.3 Å². The Kier molecular flexibility index (Phi) is 2.75. The summed E-state index contributed by atoms with van der Waals surface area (Å²) in [5.41, 5.74) is 1.11. The molecule has 1 amide bonds. The maximum absolute atomic E-state index is 11.5. The van der Waals surface area contributed by atoms with Crippen LogP contribution in [0.5, 0.6) is 0 Å². The molecule has 2 heterocycles. The van der Waals surface area contributed by atoms with Gasteiger partial charge in [0.1, 0.15) is 5.60 Å². The topological polar surface area (TPSA) is 55.6 Å². The summed E-state index contributed by atoms with van der Waals surface area (Å²) in [5.74, 6) is 0. The van der Waals surface area contributed by atoms with Crippen LogP contribution in [-0.4, -0.2) is 21.1 Å². The molecule has 0 saturated carbocycles. The lowest BCUT2D eigenvalue weighted by Gasteiger charge is -2.19. The molecule has 90 valence electrons.